The van der Waals surface area contributed by atoms with Gasteiger partial charge in [0.2, 0.25) is 0 Å². The molecule has 7 nitrogen and oxygen atoms in total. The Balaban J connectivity index is 1.41. The molecule has 7 heteroatoms. The molecular weight excluding hydrogens is 729 g/mol. The van der Waals surface area contributed by atoms with E-state index in [2.05, 4.69) is 60.7 Å². The molecule has 0 aromatic heterocycles. The van der Waals surface area contributed by atoms with Crippen molar-refractivity contribution in [2.45, 2.75) is 41.5 Å². The van der Waals surface area contributed by atoms with Gasteiger partial charge in [0.25, 0.3) is 11.9 Å². The van der Waals surface area contributed by atoms with Crippen molar-refractivity contribution in [3.63, 3.8) is 0 Å². The van der Waals surface area contributed by atoms with Crippen LogP contribution in [0.4, 0.5) is 0 Å². The summed E-state index contributed by atoms with van der Waals surface area (Å²) >= 11 is 0. The fourth-order valence-electron chi connectivity index (χ4n) is 8.12. The van der Waals surface area contributed by atoms with Crippen molar-refractivity contribution in [1.29, 1.82) is 0 Å². The van der Waals surface area contributed by atoms with Gasteiger partial charge in [0, 0.05) is 33.4 Å². The molecule has 0 atom stereocenters. The van der Waals surface area contributed by atoms with Gasteiger partial charge in [-0.3, -0.25) is 0 Å². The molecule has 3 aromatic rings. The predicted octanol–water partition coefficient (Wildman–Crippen LogP) is 12.1. The number of aliphatic imine (C=N–C) groups is 4. The van der Waals surface area contributed by atoms with Crippen LogP contribution >= 0.6 is 0 Å². The number of fused-ring (bicyclic) bond motifs is 4. The van der Waals surface area contributed by atoms with Crippen molar-refractivity contribution < 1.29 is 14.9 Å². The number of hydrogen-bond acceptors (Lipinski definition) is 7. The van der Waals surface area contributed by atoms with Crippen LogP contribution in [0.2, 0.25) is 0 Å². The number of rotatable bonds is 4. The largest absolute Gasteiger partial charge is 0.480 e. The number of ether oxygens (including phenoxy) is 1. The van der Waals surface area contributed by atoms with Crippen LogP contribution in [0.1, 0.15) is 58.2 Å². The molecule has 0 saturated heterocycles. The molecule has 0 saturated carbocycles. The first-order valence-corrected chi connectivity index (χ1v) is 19.8. The van der Waals surface area contributed by atoms with E-state index in [0.717, 1.165) is 67.6 Å². The Bertz CT molecular complexity index is 2770. The maximum Gasteiger partial charge on any atom is 0.289 e. The molecule has 290 valence electrons. The first-order chi connectivity index (χ1) is 28.3. The Morgan fingerprint density at radius 3 is 1.08 bits per heavy atom. The van der Waals surface area contributed by atoms with Crippen molar-refractivity contribution in [2.24, 2.45) is 30.8 Å². The standard InChI is InChI=1S/C52H44N4O3/c1-51(2,3)35-30-34(48(52(4,5)6)50(58)59-49(35)57)47-42-28-26-40(55-42)45(32-18-12-8-13-19-32)38-24-22-36(53-38)44(31-16-10-7-11-17-31)37-23-25-39(54-37)46(33-20-14-9-15-21-33)41-27-29-43(47)56-41/h7-30,57-58H,1-6H3. The topological polar surface area (TPSA) is 99.1 Å². The van der Waals surface area contributed by atoms with E-state index in [1.165, 1.54) is 0 Å². The molecule has 6 aliphatic heterocycles. The molecule has 0 aliphatic carbocycles. The molecule has 6 aliphatic rings. The minimum Gasteiger partial charge on any atom is -0.480 e. The smallest absolute Gasteiger partial charge is 0.289 e. The minimum absolute atomic E-state index is 0.352. The molecule has 2 N–H and O–H groups in total. The van der Waals surface area contributed by atoms with E-state index < -0.39 is 10.8 Å². The number of allylic oxidation sites excluding steroid dienone is 16. The molecule has 0 spiro atoms. The Kier molecular flexibility index (Phi) is 9.12. The zero-order chi connectivity index (χ0) is 41.1. The van der Waals surface area contributed by atoms with Crippen LogP contribution in [0, 0.1) is 10.8 Å². The van der Waals surface area contributed by atoms with Crippen LogP contribution in [0.25, 0.3) is 16.7 Å². The summed E-state index contributed by atoms with van der Waals surface area (Å²) in [5, 5.41) is 23.1. The van der Waals surface area contributed by atoms with Gasteiger partial charge >= 0.3 is 0 Å². The second-order valence-corrected chi connectivity index (χ2v) is 17.0. The Morgan fingerprint density at radius 2 is 0.746 bits per heavy atom. The highest BCUT2D eigenvalue weighted by molar-refractivity contribution is 6.38. The molecular formula is C52H44N4O3. The van der Waals surface area contributed by atoms with Crippen molar-refractivity contribution >= 4 is 39.6 Å². The summed E-state index contributed by atoms with van der Waals surface area (Å²) in [7, 11) is 0. The van der Waals surface area contributed by atoms with E-state index in [0.29, 0.717) is 33.7 Å². The van der Waals surface area contributed by atoms with Crippen molar-refractivity contribution in [3.8, 4) is 0 Å². The van der Waals surface area contributed by atoms with E-state index in [1.54, 1.807) is 0 Å². The summed E-state index contributed by atoms with van der Waals surface area (Å²) < 4.78 is 5.84. The van der Waals surface area contributed by atoms with E-state index >= 15 is 0 Å². The van der Waals surface area contributed by atoms with Crippen LogP contribution in [-0.2, 0) is 4.74 Å². The van der Waals surface area contributed by atoms with Gasteiger partial charge in [-0.2, -0.15) is 0 Å². The Hall–Kier alpha value is -7.12. The number of nitrogens with zero attached hydrogens (tertiary/aromatic N) is 4. The third-order valence-electron chi connectivity index (χ3n) is 10.8. The molecule has 9 rings (SSSR count). The van der Waals surface area contributed by atoms with Gasteiger partial charge in [0.1, 0.15) is 0 Å². The molecule has 0 amide bonds. The monoisotopic (exact) mass is 772 g/mol. The zero-order valence-electron chi connectivity index (χ0n) is 33.9. The fraction of sp³-hybridized carbons (Fsp3) is 0.154. The Morgan fingerprint density at radius 1 is 0.407 bits per heavy atom. The molecule has 3 aromatic carbocycles. The summed E-state index contributed by atoms with van der Waals surface area (Å²) in [4.78, 5) is 21.5. The van der Waals surface area contributed by atoms with Crippen LogP contribution in [0.15, 0.2) is 223 Å². The number of benzene rings is 3. The minimum atomic E-state index is -0.641. The lowest BCUT2D eigenvalue weighted by molar-refractivity contribution is 0.0570. The molecule has 6 heterocycles. The first kappa shape index (κ1) is 37.5. The summed E-state index contributed by atoms with van der Waals surface area (Å²) in [6.45, 7) is 12.0. The van der Waals surface area contributed by atoms with Crippen molar-refractivity contribution in [3.05, 3.63) is 219 Å². The van der Waals surface area contributed by atoms with Gasteiger partial charge in [-0.25, -0.2) is 20.0 Å². The fourth-order valence-corrected chi connectivity index (χ4v) is 8.12. The quantitative estimate of drug-likeness (QED) is 0.276. The Labute approximate surface area is 345 Å². The van der Waals surface area contributed by atoms with E-state index in [1.807, 2.05) is 127 Å². The highest BCUT2D eigenvalue weighted by Crippen LogP contribution is 2.46. The lowest BCUT2D eigenvalue weighted by atomic mass is 9.76. The third-order valence-corrected chi connectivity index (χ3v) is 10.8. The summed E-state index contributed by atoms with van der Waals surface area (Å²) in [5.41, 5.74) is 12.6. The van der Waals surface area contributed by atoms with Crippen LogP contribution < -0.4 is 0 Å². The maximum absolute atomic E-state index is 11.8. The van der Waals surface area contributed by atoms with Crippen molar-refractivity contribution in [2.75, 3.05) is 0 Å². The van der Waals surface area contributed by atoms with Crippen LogP contribution in [0.3, 0.4) is 0 Å². The zero-order valence-corrected chi connectivity index (χ0v) is 33.9. The van der Waals surface area contributed by atoms with Gasteiger partial charge in [-0.05, 0) is 87.8 Å². The predicted molar refractivity (Wildman–Crippen MR) is 241 cm³/mol. The second-order valence-electron chi connectivity index (χ2n) is 17.0. The molecule has 59 heavy (non-hydrogen) atoms. The van der Waals surface area contributed by atoms with E-state index in [-0.39, 0.29) is 11.9 Å². The van der Waals surface area contributed by atoms with Gasteiger partial charge in [0.15, 0.2) is 0 Å². The number of aliphatic hydroxyl groups is 2. The highest BCUT2D eigenvalue weighted by atomic mass is 16.7. The van der Waals surface area contributed by atoms with Gasteiger partial charge in [-0.1, -0.05) is 133 Å². The number of hydrogen-bond donors (Lipinski definition) is 2. The van der Waals surface area contributed by atoms with Crippen molar-refractivity contribution in [1.82, 2.24) is 0 Å². The third kappa shape index (κ3) is 6.88. The average Bonchev–Trinajstić information content (AvgIpc) is 4.04. The average molecular weight is 773 g/mol. The first-order valence-electron chi connectivity index (χ1n) is 19.8. The van der Waals surface area contributed by atoms with E-state index in [4.69, 9.17) is 24.7 Å². The van der Waals surface area contributed by atoms with Crippen LogP contribution in [-0.4, -0.2) is 33.1 Å². The normalized spacial score (nSPS) is 19.1. The SMILES string of the molecule is CC(C)(C)C1=C(O)OC(O)=C(C(C)(C)C)C(C2=C3C=CC(=N3)C(c3ccccc3)=C3C=CC(=N3)C(c3ccccc3)=C3C=CC(=N3)C(c3ccccc3)=C3C=CC2=N3)=C1. The van der Waals surface area contributed by atoms with E-state index in [9.17, 15) is 10.2 Å². The maximum atomic E-state index is 11.8. The molecule has 0 fully saturated rings. The van der Waals surface area contributed by atoms with Gasteiger partial charge in [-0.15, -0.1) is 0 Å². The van der Waals surface area contributed by atoms with Crippen LogP contribution in [0.5, 0.6) is 0 Å². The molecule has 8 bridgehead atoms. The number of aliphatic hydroxyl groups excluding tert-OH is 2. The summed E-state index contributed by atoms with van der Waals surface area (Å²) in [5.74, 6) is -0.727. The molecule has 0 unspecified atom stereocenters. The molecule has 0 radical (unpaired) electrons. The second kappa shape index (κ2) is 14.4. The lowest BCUT2D eigenvalue weighted by Crippen LogP contribution is -2.19. The lowest BCUT2D eigenvalue weighted by Gasteiger charge is -2.27. The van der Waals surface area contributed by atoms with Gasteiger partial charge in [0.05, 0.1) is 45.6 Å². The highest BCUT2D eigenvalue weighted by Gasteiger charge is 2.37. The summed E-state index contributed by atoms with van der Waals surface area (Å²) in [6, 6.07) is 30.7. The summed E-state index contributed by atoms with van der Waals surface area (Å²) in [6.07, 6.45) is 18.2. The van der Waals surface area contributed by atoms with Gasteiger partial charge < -0.3 is 14.9 Å².